The van der Waals surface area contributed by atoms with Crippen molar-refractivity contribution in [1.82, 2.24) is 9.55 Å². The van der Waals surface area contributed by atoms with Crippen LogP contribution >= 0.6 is 11.6 Å². The van der Waals surface area contributed by atoms with Crippen molar-refractivity contribution in [3.8, 4) is 0 Å². The maximum atomic E-state index is 5.99. The number of hydrogen-bond acceptors (Lipinski definition) is 2. The second-order valence-electron chi connectivity index (χ2n) is 6.58. The molecule has 0 spiro atoms. The number of rotatable bonds is 4. The Labute approximate surface area is 131 Å². The molecule has 1 saturated carbocycles. The van der Waals surface area contributed by atoms with Gasteiger partial charge in [-0.1, -0.05) is 26.0 Å². The summed E-state index contributed by atoms with van der Waals surface area (Å²) in [5.41, 5.74) is 3.72. The summed E-state index contributed by atoms with van der Waals surface area (Å²) in [6.45, 7) is 6.72. The van der Waals surface area contributed by atoms with Crippen LogP contribution in [0, 0.1) is 12.3 Å². The number of benzene rings is 1. The van der Waals surface area contributed by atoms with E-state index in [0.717, 1.165) is 24.2 Å². The van der Waals surface area contributed by atoms with Gasteiger partial charge >= 0.3 is 0 Å². The van der Waals surface area contributed by atoms with Crippen LogP contribution in [0.4, 0.5) is 0 Å². The Bertz CT molecular complexity index is 662. The Kier molecular flexibility index (Phi) is 3.74. The molecule has 0 N–H and O–H groups in total. The fourth-order valence-corrected chi connectivity index (χ4v) is 3.84. The van der Waals surface area contributed by atoms with Crippen LogP contribution in [0.1, 0.15) is 37.7 Å². The zero-order valence-corrected chi connectivity index (χ0v) is 13.9. The molecule has 0 aliphatic heterocycles. The smallest absolute Gasteiger partial charge is 0.111 e. The summed E-state index contributed by atoms with van der Waals surface area (Å²) in [6.07, 6.45) is 2.16. The molecule has 3 rings (SSSR count). The van der Waals surface area contributed by atoms with Gasteiger partial charge in [0.1, 0.15) is 5.82 Å². The molecule has 1 aliphatic rings. The Morgan fingerprint density at radius 1 is 1.43 bits per heavy atom. The highest BCUT2D eigenvalue weighted by Crippen LogP contribution is 2.52. The number of alkyl halides is 1. The molecule has 0 amide bonds. The molecule has 21 heavy (non-hydrogen) atoms. The number of hydrogen-bond donors (Lipinski definition) is 0. The van der Waals surface area contributed by atoms with E-state index in [1.54, 1.807) is 7.11 Å². The molecule has 1 aliphatic carbocycles. The van der Waals surface area contributed by atoms with Crippen LogP contribution in [-0.4, -0.2) is 28.6 Å². The van der Waals surface area contributed by atoms with E-state index < -0.39 is 0 Å². The first-order valence-corrected chi connectivity index (χ1v) is 8.09. The van der Waals surface area contributed by atoms with Gasteiger partial charge in [0.05, 0.1) is 17.1 Å². The third-order valence-electron chi connectivity index (χ3n) is 5.03. The minimum absolute atomic E-state index is 0.117. The van der Waals surface area contributed by atoms with Gasteiger partial charge in [0.25, 0.3) is 0 Å². The lowest BCUT2D eigenvalue weighted by Gasteiger charge is -2.52. The van der Waals surface area contributed by atoms with Crippen LogP contribution < -0.4 is 0 Å². The van der Waals surface area contributed by atoms with Crippen LogP contribution in [0.3, 0.4) is 0 Å². The number of para-hydroxylation sites is 1. The van der Waals surface area contributed by atoms with E-state index in [-0.39, 0.29) is 5.41 Å². The largest absolute Gasteiger partial charge is 0.381 e. The average Bonchev–Trinajstić information content (AvgIpc) is 2.78. The summed E-state index contributed by atoms with van der Waals surface area (Å²) < 4.78 is 8.03. The number of aryl methyl sites for hydroxylation is 2. The number of aromatic nitrogens is 2. The van der Waals surface area contributed by atoms with E-state index in [0.29, 0.717) is 18.0 Å². The minimum Gasteiger partial charge on any atom is -0.381 e. The summed E-state index contributed by atoms with van der Waals surface area (Å²) in [7, 11) is 1.81. The summed E-state index contributed by atoms with van der Waals surface area (Å²) in [5, 5.41) is 0. The fourth-order valence-electron chi connectivity index (χ4n) is 3.67. The highest BCUT2D eigenvalue weighted by molar-refractivity contribution is 6.17. The summed E-state index contributed by atoms with van der Waals surface area (Å²) in [6, 6.07) is 6.75. The molecule has 0 radical (unpaired) electrons. The standard InChI is InChI=1S/C17H23ClN2O/c1-11-6-5-7-12-16(11)20(15(19-12)8-9-18)13-10-14(21-4)17(13,2)3/h5-7,13-14H,8-10H2,1-4H3. The van der Waals surface area contributed by atoms with E-state index in [9.17, 15) is 0 Å². The molecule has 114 valence electrons. The van der Waals surface area contributed by atoms with E-state index in [1.165, 1.54) is 11.1 Å². The van der Waals surface area contributed by atoms with Crippen molar-refractivity contribution in [1.29, 1.82) is 0 Å². The number of fused-ring (bicyclic) bond motifs is 1. The topological polar surface area (TPSA) is 27.1 Å². The first kappa shape index (κ1) is 14.9. The number of halogens is 1. The molecule has 1 fully saturated rings. The number of ether oxygens (including phenoxy) is 1. The second-order valence-corrected chi connectivity index (χ2v) is 6.95. The average molecular weight is 307 g/mol. The van der Waals surface area contributed by atoms with E-state index >= 15 is 0 Å². The normalized spacial score (nSPS) is 24.2. The molecule has 1 aromatic heterocycles. The minimum atomic E-state index is 0.117. The molecule has 2 aromatic rings. The molecule has 0 bridgehead atoms. The maximum absolute atomic E-state index is 5.99. The van der Waals surface area contributed by atoms with E-state index in [2.05, 4.69) is 43.5 Å². The van der Waals surface area contributed by atoms with Crippen LogP contribution in [0.5, 0.6) is 0 Å². The Morgan fingerprint density at radius 3 is 2.81 bits per heavy atom. The molecular weight excluding hydrogens is 284 g/mol. The predicted octanol–water partition coefficient (Wildman–Crippen LogP) is 4.11. The zero-order valence-electron chi connectivity index (χ0n) is 13.2. The van der Waals surface area contributed by atoms with Crippen LogP contribution in [0.15, 0.2) is 18.2 Å². The highest BCUT2D eigenvalue weighted by atomic mass is 35.5. The molecule has 2 atom stereocenters. The van der Waals surface area contributed by atoms with Crippen LogP contribution in [-0.2, 0) is 11.2 Å². The number of imidazole rings is 1. The van der Waals surface area contributed by atoms with E-state index in [1.807, 2.05) is 0 Å². The zero-order chi connectivity index (χ0) is 15.2. The maximum Gasteiger partial charge on any atom is 0.111 e. The fraction of sp³-hybridized carbons (Fsp3) is 0.588. The van der Waals surface area contributed by atoms with Gasteiger partial charge in [0, 0.05) is 30.9 Å². The first-order valence-electron chi connectivity index (χ1n) is 7.56. The highest BCUT2D eigenvalue weighted by Gasteiger charge is 2.50. The van der Waals surface area contributed by atoms with Gasteiger partial charge < -0.3 is 9.30 Å². The molecule has 3 nitrogen and oxygen atoms in total. The van der Waals surface area contributed by atoms with Crippen molar-refractivity contribution in [2.45, 2.75) is 45.8 Å². The quantitative estimate of drug-likeness (QED) is 0.795. The van der Waals surface area contributed by atoms with E-state index in [4.69, 9.17) is 21.3 Å². The third-order valence-corrected chi connectivity index (χ3v) is 5.21. The summed E-state index contributed by atoms with van der Waals surface area (Å²) in [4.78, 5) is 4.82. The van der Waals surface area contributed by atoms with Crippen molar-refractivity contribution in [3.63, 3.8) is 0 Å². The Hall–Kier alpha value is -1.06. The van der Waals surface area contributed by atoms with Gasteiger partial charge in [0.2, 0.25) is 0 Å². The van der Waals surface area contributed by atoms with Crippen molar-refractivity contribution < 1.29 is 4.74 Å². The lowest BCUT2D eigenvalue weighted by atomic mass is 9.64. The van der Waals surface area contributed by atoms with Gasteiger partial charge in [-0.25, -0.2) is 4.98 Å². The molecule has 1 heterocycles. The van der Waals surface area contributed by atoms with Crippen molar-refractivity contribution in [3.05, 3.63) is 29.6 Å². The van der Waals surface area contributed by atoms with Gasteiger partial charge in [-0.3, -0.25) is 0 Å². The molecule has 4 heteroatoms. The van der Waals surface area contributed by atoms with Gasteiger partial charge in [-0.2, -0.15) is 0 Å². The molecule has 1 aromatic carbocycles. The lowest BCUT2D eigenvalue weighted by molar-refractivity contribution is -0.112. The SMILES string of the molecule is COC1CC(n2c(CCCl)nc3cccc(C)c32)C1(C)C. The van der Waals surface area contributed by atoms with Crippen LogP contribution in [0.25, 0.3) is 11.0 Å². The second kappa shape index (κ2) is 5.29. The third kappa shape index (κ3) is 2.18. The Morgan fingerprint density at radius 2 is 2.19 bits per heavy atom. The number of nitrogens with zero attached hydrogens (tertiary/aromatic N) is 2. The molecule has 2 unspecified atom stereocenters. The number of methoxy groups -OCH3 is 1. The Balaban J connectivity index is 2.15. The summed E-state index contributed by atoms with van der Waals surface area (Å²) in [5.74, 6) is 1.70. The summed E-state index contributed by atoms with van der Waals surface area (Å²) >= 11 is 5.99. The monoisotopic (exact) mass is 306 g/mol. The van der Waals surface area contributed by atoms with Crippen molar-refractivity contribution in [2.24, 2.45) is 5.41 Å². The van der Waals surface area contributed by atoms with Crippen molar-refractivity contribution >= 4 is 22.6 Å². The van der Waals surface area contributed by atoms with Gasteiger partial charge in [-0.05, 0) is 25.0 Å². The predicted molar refractivity (Wildman–Crippen MR) is 87.1 cm³/mol. The molecular formula is C17H23ClN2O. The van der Waals surface area contributed by atoms with Crippen LogP contribution in [0.2, 0.25) is 0 Å². The lowest BCUT2D eigenvalue weighted by Crippen LogP contribution is -2.51. The first-order chi connectivity index (χ1) is 10.0. The van der Waals surface area contributed by atoms with Gasteiger partial charge in [0.15, 0.2) is 0 Å². The molecule has 0 saturated heterocycles. The van der Waals surface area contributed by atoms with Gasteiger partial charge in [-0.15, -0.1) is 11.6 Å². The van der Waals surface area contributed by atoms with Crippen molar-refractivity contribution in [2.75, 3.05) is 13.0 Å².